The highest BCUT2D eigenvalue weighted by Gasteiger charge is 2.30. The Bertz CT molecular complexity index is 967. The zero-order valence-corrected chi connectivity index (χ0v) is 23.8. The number of unbranched alkanes of at least 4 members (excludes halogenated alkanes) is 1. The fourth-order valence-electron chi connectivity index (χ4n) is 4.07. The molecule has 1 unspecified atom stereocenters. The van der Waals surface area contributed by atoms with Gasteiger partial charge in [-0.3, -0.25) is 29.3 Å². The Morgan fingerprint density at radius 2 is 1.79 bits per heavy atom. The molecular formula is C26H38N4O6S2. The lowest BCUT2D eigenvalue weighted by atomic mass is 9.99. The lowest BCUT2D eigenvalue weighted by Gasteiger charge is -2.24. The van der Waals surface area contributed by atoms with Crippen LogP contribution in [0, 0.1) is 16.0 Å². The first kappa shape index (κ1) is 31.6. The number of non-ortho nitro benzene ring substituents is 1. The van der Waals surface area contributed by atoms with Crippen LogP contribution < -0.4 is 16.0 Å². The van der Waals surface area contributed by atoms with Gasteiger partial charge >= 0.3 is 0 Å². The van der Waals surface area contributed by atoms with E-state index >= 15 is 0 Å². The summed E-state index contributed by atoms with van der Waals surface area (Å²) >= 11 is 0. The van der Waals surface area contributed by atoms with Gasteiger partial charge in [0.1, 0.15) is 12.1 Å². The highest BCUT2D eigenvalue weighted by molar-refractivity contribution is 8.77. The summed E-state index contributed by atoms with van der Waals surface area (Å²) in [6.07, 6.45) is 4.62. The summed E-state index contributed by atoms with van der Waals surface area (Å²) in [6.45, 7) is 5.78. The standard InChI is InChI=1S/C26H38N4O6S2/c1-4-27-26(34)24(32)21(16-18-9-11-19(12-10-18)30(35)36)29-25(33)22(15-17(2)3)28-23(31)8-6-5-7-20-13-14-37-38-20/h9-12,17,20-22H,4-8,13-16H2,1-3H3,(H,27,34)(H,28,31)(H,29,33)/t20?,21-,22-/m0/s1. The molecular weight excluding hydrogens is 528 g/mol. The Morgan fingerprint density at radius 1 is 1.08 bits per heavy atom. The van der Waals surface area contributed by atoms with Gasteiger partial charge in [-0.05, 0) is 44.1 Å². The largest absolute Gasteiger partial charge is 0.350 e. The second-order valence-corrected chi connectivity index (χ2v) is 12.5. The minimum absolute atomic E-state index is 0.0283. The fraction of sp³-hybridized carbons (Fsp3) is 0.615. The topological polar surface area (TPSA) is 148 Å². The zero-order valence-electron chi connectivity index (χ0n) is 22.2. The molecule has 0 bridgehead atoms. The number of carbonyl (C=O) groups is 4. The number of Topliss-reactive ketones (excluding diaryl/α,β-unsaturated/α-hetero) is 1. The molecule has 1 aliphatic heterocycles. The molecule has 2 rings (SSSR count). The highest BCUT2D eigenvalue weighted by Crippen LogP contribution is 2.39. The van der Waals surface area contributed by atoms with E-state index in [1.807, 2.05) is 35.4 Å². The minimum atomic E-state index is -1.19. The number of nitrogens with one attached hydrogen (secondary N) is 3. The maximum absolute atomic E-state index is 13.2. The smallest absolute Gasteiger partial charge is 0.289 e. The second-order valence-electron chi connectivity index (χ2n) is 9.74. The molecule has 210 valence electrons. The van der Waals surface area contributed by atoms with Gasteiger partial charge in [-0.25, -0.2) is 0 Å². The van der Waals surface area contributed by atoms with Crippen molar-refractivity contribution in [1.29, 1.82) is 0 Å². The van der Waals surface area contributed by atoms with E-state index in [0.29, 0.717) is 23.7 Å². The molecule has 3 amide bonds. The van der Waals surface area contributed by atoms with E-state index in [1.165, 1.54) is 36.4 Å². The Balaban J connectivity index is 2.05. The molecule has 38 heavy (non-hydrogen) atoms. The van der Waals surface area contributed by atoms with Crippen LogP contribution in [0.5, 0.6) is 0 Å². The quantitative estimate of drug-likeness (QED) is 0.0904. The first-order valence-corrected chi connectivity index (χ1v) is 15.4. The van der Waals surface area contributed by atoms with E-state index in [-0.39, 0.29) is 30.5 Å². The van der Waals surface area contributed by atoms with Gasteiger partial charge in [-0.2, -0.15) is 0 Å². The van der Waals surface area contributed by atoms with E-state index in [2.05, 4.69) is 16.0 Å². The molecule has 12 heteroatoms. The zero-order chi connectivity index (χ0) is 28.1. The maximum atomic E-state index is 13.2. The SMILES string of the molecule is CCNC(=O)C(=O)[C@H](Cc1ccc([N+](=O)[O-])cc1)NC(=O)[C@H](CC(C)C)NC(=O)CCCCC1CCSS1. The van der Waals surface area contributed by atoms with Crippen LogP contribution in [0.3, 0.4) is 0 Å². The first-order chi connectivity index (χ1) is 18.1. The average molecular weight is 567 g/mol. The lowest BCUT2D eigenvalue weighted by molar-refractivity contribution is -0.384. The van der Waals surface area contributed by atoms with Crippen molar-refractivity contribution >= 4 is 50.8 Å². The van der Waals surface area contributed by atoms with Crippen molar-refractivity contribution in [2.24, 2.45) is 5.92 Å². The van der Waals surface area contributed by atoms with E-state index in [4.69, 9.17) is 0 Å². The number of hydrogen-bond donors (Lipinski definition) is 3. The summed E-state index contributed by atoms with van der Waals surface area (Å²) in [7, 11) is 3.81. The fourth-order valence-corrected chi connectivity index (χ4v) is 7.10. The Morgan fingerprint density at radius 3 is 2.37 bits per heavy atom. The van der Waals surface area contributed by atoms with Crippen LogP contribution in [-0.4, -0.2) is 58.1 Å². The molecule has 1 aliphatic rings. The van der Waals surface area contributed by atoms with Gasteiger partial charge in [0, 0.05) is 42.5 Å². The number of hydrogen-bond acceptors (Lipinski definition) is 8. The summed E-state index contributed by atoms with van der Waals surface area (Å²) in [5.74, 6) is -1.15. The van der Waals surface area contributed by atoms with Crippen molar-refractivity contribution in [2.75, 3.05) is 12.3 Å². The number of carbonyl (C=O) groups excluding carboxylic acids is 4. The van der Waals surface area contributed by atoms with Crippen LogP contribution in [0.1, 0.15) is 64.9 Å². The van der Waals surface area contributed by atoms with Gasteiger partial charge in [0.05, 0.1) is 4.92 Å². The maximum Gasteiger partial charge on any atom is 0.289 e. The second kappa shape index (κ2) is 16.4. The Labute approximate surface area is 231 Å². The number of nitro groups is 1. The molecule has 1 fully saturated rings. The molecule has 1 aromatic rings. The summed E-state index contributed by atoms with van der Waals surface area (Å²) in [5.41, 5.74) is 0.437. The number of ketones is 1. The number of benzene rings is 1. The summed E-state index contributed by atoms with van der Waals surface area (Å²) in [6, 6.07) is 3.53. The van der Waals surface area contributed by atoms with E-state index in [0.717, 1.165) is 19.3 Å². The van der Waals surface area contributed by atoms with Crippen molar-refractivity contribution in [3.8, 4) is 0 Å². The lowest BCUT2D eigenvalue weighted by Crippen LogP contribution is -2.54. The van der Waals surface area contributed by atoms with Crippen LogP contribution in [0.2, 0.25) is 0 Å². The van der Waals surface area contributed by atoms with E-state index in [1.54, 1.807) is 6.92 Å². The van der Waals surface area contributed by atoms with Crippen molar-refractivity contribution < 1.29 is 24.1 Å². The monoisotopic (exact) mass is 566 g/mol. The molecule has 1 heterocycles. The normalized spacial score (nSPS) is 16.5. The van der Waals surface area contributed by atoms with Crippen LogP contribution in [-0.2, 0) is 25.6 Å². The van der Waals surface area contributed by atoms with Gasteiger partial charge in [-0.1, -0.05) is 54.0 Å². The van der Waals surface area contributed by atoms with Gasteiger partial charge in [0.15, 0.2) is 0 Å². The number of nitro benzene ring substituents is 1. The third-order valence-corrected chi connectivity index (χ3v) is 9.05. The third-order valence-electron chi connectivity index (χ3n) is 6.05. The number of amides is 3. The molecule has 0 spiro atoms. The number of likely N-dealkylation sites (N-methyl/N-ethyl adjacent to an activating group) is 1. The van der Waals surface area contributed by atoms with Crippen molar-refractivity contribution in [2.45, 2.75) is 83.1 Å². The van der Waals surface area contributed by atoms with Crippen LogP contribution in [0.4, 0.5) is 5.69 Å². The van der Waals surface area contributed by atoms with Crippen molar-refractivity contribution in [3.63, 3.8) is 0 Å². The molecule has 3 N–H and O–H groups in total. The van der Waals surface area contributed by atoms with E-state index in [9.17, 15) is 29.3 Å². The average Bonchev–Trinajstić information content (AvgIpc) is 3.39. The van der Waals surface area contributed by atoms with Crippen molar-refractivity contribution in [1.82, 2.24) is 16.0 Å². The van der Waals surface area contributed by atoms with Gasteiger partial charge < -0.3 is 16.0 Å². The predicted octanol–water partition coefficient (Wildman–Crippen LogP) is 3.57. The molecule has 0 aliphatic carbocycles. The van der Waals surface area contributed by atoms with Gasteiger partial charge in [-0.15, -0.1) is 0 Å². The summed E-state index contributed by atoms with van der Waals surface area (Å²) in [4.78, 5) is 61.5. The summed E-state index contributed by atoms with van der Waals surface area (Å²) in [5, 5.41) is 19.5. The predicted molar refractivity (Wildman–Crippen MR) is 151 cm³/mol. The molecule has 3 atom stereocenters. The van der Waals surface area contributed by atoms with Gasteiger partial charge in [0.25, 0.3) is 11.6 Å². The van der Waals surface area contributed by atoms with Gasteiger partial charge in [0.2, 0.25) is 17.6 Å². The molecule has 10 nitrogen and oxygen atoms in total. The number of rotatable bonds is 16. The molecule has 0 radical (unpaired) electrons. The molecule has 1 saturated heterocycles. The third kappa shape index (κ3) is 11.0. The highest BCUT2D eigenvalue weighted by atomic mass is 33.1. The molecule has 0 saturated carbocycles. The first-order valence-electron chi connectivity index (χ1n) is 13.0. The minimum Gasteiger partial charge on any atom is -0.350 e. The molecule has 0 aromatic heterocycles. The van der Waals surface area contributed by atoms with E-state index < -0.39 is 34.6 Å². The Hall–Kier alpha value is -2.60. The van der Waals surface area contributed by atoms with Crippen LogP contribution in [0.15, 0.2) is 24.3 Å². The summed E-state index contributed by atoms with van der Waals surface area (Å²) < 4.78 is 0. The Kier molecular flexibility index (Phi) is 13.6. The van der Waals surface area contributed by atoms with Crippen LogP contribution >= 0.6 is 21.6 Å². The molecule has 1 aromatic carbocycles. The van der Waals surface area contributed by atoms with Crippen LogP contribution in [0.25, 0.3) is 0 Å². The van der Waals surface area contributed by atoms with Crippen molar-refractivity contribution in [3.05, 3.63) is 39.9 Å². The number of nitrogens with zero attached hydrogens (tertiary/aromatic N) is 1.